The van der Waals surface area contributed by atoms with Gasteiger partial charge in [0.05, 0.1) is 11.1 Å². The van der Waals surface area contributed by atoms with E-state index in [1.165, 1.54) is 4.31 Å². The first-order valence-electron chi connectivity index (χ1n) is 9.45. The summed E-state index contributed by atoms with van der Waals surface area (Å²) in [5.74, 6) is -0.0427. The van der Waals surface area contributed by atoms with E-state index in [1.54, 1.807) is 15.8 Å². The minimum Gasteiger partial charge on any atom is -0.338 e. The fourth-order valence-corrected chi connectivity index (χ4v) is 5.66. The van der Waals surface area contributed by atoms with Gasteiger partial charge in [0.15, 0.2) is 0 Å². The maximum absolute atomic E-state index is 13.3. The van der Waals surface area contributed by atoms with Crippen LogP contribution in [0.5, 0.6) is 0 Å². The second-order valence-corrected chi connectivity index (χ2v) is 9.46. The molecule has 7 nitrogen and oxygen atoms in total. The molecule has 0 spiro atoms. The maximum Gasteiger partial charge on any atom is 0.244 e. The molecule has 2 heterocycles. The lowest BCUT2D eigenvalue weighted by molar-refractivity contribution is -0.133. The number of aromatic nitrogens is 2. The number of amides is 1. The van der Waals surface area contributed by atoms with Crippen LogP contribution < -0.4 is 0 Å². The monoisotopic (exact) mass is 404 g/mol. The van der Waals surface area contributed by atoms with Gasteiger partial charge in [0.2, 0.25) is 15.9 Å². The van der Waals surface area contributed by atoms with Gasteiger partial charge < -0.3 is 4.90 Å². The Morgan fingerprint density at radius 2 is 1.57 bits per heavy atom. The normalized spacial score (nSPS) is 15.8. The van der Waals surface area contributed by atoms with Gasteiger partial charge in [0, 0.05) is 32.4 Å². The number of piperazine rings is 1. The highest BCUT2D eigenvalue weighted by Crippen LogP contribution is 2.29. The minimum absolute atomic E-state index is 0.0427. The van der Waals surface area contributed by atoms with Crippen molar-refractivity contribution in [1.82, 2.24) is 19.0 Å². The molecule has 1 fully saturated rings. The predicted molar refractivity (Wildman–Crippen MR) is 108 cm³/mol. The molecular weight excluding hydrogens is 376 g/mol. The lowest BCUT2D eigenvalue weighted by Gasteiger charge is -2.34. The summed E-state index contributed by atoms with van der Waals surface area (Å²) in [7, 11) is -3.60. The standard InChI is InChI=1S/C20H28N4O3S/c1-14-11-21-23(12-14)13-19(25)22-6-8-24(9-7-22)28(26,27)20-17(4)15(2)10-16(3)18(20)5/h10-12H,6-9,13H2,1-5H3. The number of sulfonamides is 1. The zero-order valence-electron chi connectivity index (χ0n) is 17.2. The van der Waals surface area contributed by atoms with Crippen LogP contribution in [0.1, 0.15) is 27.8 Å². The number of benzene rings is 1. The van der Waals surface area contributed by atoms with Crippen LogP contribution in [0.2, 0.25) is 0 Å². The van der Waals surface area contributed by atoms with Crippen LogP contribution in [-0.2, 0) is 21.4 Å². The summed E-state index contributed by atoms with van der Waals surface area (Å²) < 4.78 is 29.7. The fraction of sp³-hybridized carbons (Fsp3) is 0.500. The summed E-state index contributed by atoms with van der Waals surface area (Å²) in [4.78, 5) is 14.6. The van der Waals surface area contributed by atoms with Crippen LogP contribution in [-0.4, -0.2) is 59.5 Å². The molecule has 1 aromatic heterocycles. The zero-order chi connectivity index (χ0) is 20.6. The number of hydrogen-bond donors (Lipinski definition) is 0. The smallest absolute Gasteiger partial charge is 0.244 e. The average Bonchev–Trinajstić information content (AvgIpc) is 3.05. The van der Waals surface area contributed by atoms with Crippen molar-refractivity contribution in [1.29, 1.82) is 0 Å². The summed E-state index contributed by atoms with van der Waals surface area (Å²) in [5, 5.41) is 4.14. The van der Waals surface area contributed by atoms with E-state index >= 15 is 0 Å². The van der Waals surface area contributed by atoms with Crippen LogP contribution in [0.3, 0.4) is 0 Å². The van der Waals surface area contributed by atoms with Gasteiger partial charge in [0.1, 0.15) is 6.54 Å². The number of nitrogens with zero attached hydrogens (tertiary/aromatic N) is 4. The van der Waals surface area contributed by atoms with Crippen LogP contribution in [0.15, 0.2) is 23.4 Å². The Morgan fingerprint density at radius 3 is 2.07 bits per heavy atom. The van der Waals surface area contributed by atoms with Crippen LogP contribution in [0, 0.1) is 34.6 Å². The molecule has 3 rings (SSSR count). The highest BCUT2D eigenvalue weighted by atomic mass is 32.2. The van der Waals surface area contributed by atoms with Crippen molar-refractivity contribution in [2.45, 2.75) is 46.1 Å². The molecule has 152 valence electrons. The van der Waals surface area contributed by atoms with Gasteiger partial charge in [-0.05, 0) is 62.4 Å². The molecule has 8 heteroatoms. The Kier molecular flexibility index (Phi) is 5.63. The summed E-state index contributed by atoms with van der Waals surface area (Å²) in [5.41, 5.74) is 4.56. The lowest BCUT2D eigenvalue weighted by atomic mass is 10.0. The van der Waals surface area contributed by atoms with E-state index in [9.17, 15) is 13.2 Å². The van der Waals surface area contributed by atoms with Crippen molar-refractivity contribution in [2.75, 3.05) is 26.2 Å². The fourth-order valence-electron chi connectivity index (χ4n) is 3.67. The molecule has 0 radical (unpaired) electrons. The van der Waals surface area contributed by atoms with Crippen LogP contribution >= 0.6 is 0 Å². The predicted octanol–water partition coefficient (Wildman–Crippen LogP) is 1.96. The molecule has 1 aliphatic rings. The summed E-state index contributed by atoms with van der Waals surface area (Å²) in [6, 6.07) is 2.03. The highest BCUT2D eigenvalue weighted by molar-refractivity contribution is 7.89. The van der Waals surface area contributed by atoms with Crippen molar-refractivity contribution < 1.29 is 13.2 Å². The highest BCUT2D eigenvalue weighted by Gasteiger charge is 2.32. The van der Waals surface area contributed by atoms with E-state index in [4.69, 9.17) is 0 Å². The Morgan fingerprint density at radius 1 is 1.00 bits per heavy atom. The third-order valence-electron chi connectivity index (χ3n) is 5.55. The van der Waals surface area contributed by atoms with E-state index in [0.29, 0.717) is 31.1 Å². The third-order valence-corrected chi connectivity index (χ3v) is 7.72. The molecule has 1 aliphatic heterocycles. The summed E-state index contributed by atoms with van der Waals surface area (Å²) in [6.45, 7) is 11.1. The second kappa shape index (κ2) is 7.67. The van der Waals surface area contributed by atoms with E-state index in [0.717, 1.165) is 27.8 Å². The molecule has 0 bridgehead atoms. The molecule has 0 atom stereocenters. The van der Waals surface area contributed by atoms with Gasteiger partial charge in [-0.3, -0.25) is 9.48 Å². The van der Waals surface area contributed by atoms with Crippen LogP contribution in [0.4, 0.5) is 0 Å². The van der Waals surface area contributed by atoms with E-state index < -0.39 is 10.0 Å². The van der Waals surface area contributed by atoms with Crippen molar-refractivity contribution >= 4 is 15.9 Å². The molecule has 1 amide bonds. The maximum atomic E-state index is 13.3. The van der Waals surface area contributed by atoms with Crippen molar-refractivity contribution in [2.24, 2.45) is 0 Å². The quantitative estimate of drug-likeness (QED) is 0.781. The van der Waals surface area contributed by atoms with Crippen molar-refractivity contribution in [3.63, 3.8) is 0 Å². The Balaban J connectivity index is 1.73. The first kappa shape index (κ1) is 20.5. The second-order valence-electron chi connectivity index (χ2n) is 7.59. The first-order valence-corrected chi connectivity index (χ1v) is 10.9. The van der Waals surface area contributed by atoms with Gasteiger partial charge in [-0.15, -0.1) is 0 Å². The summed E-state index contributed by atoms with van der Waals surface area (Å²) >= 11 is 0. The van der Waals surface area contributed by atoms with Gasteiger partial charge in [-0.25, -0.2) is 8.42 Å². The minimum atomic E-state index is -3.60. The SMILES string of the molecule is Cc1cnn(CC(=O)N2CCN(S(=O)(=O)c3c(C)c(C)cc(C)c3C)CC2)c1. The molecular formula is C20H28N4O3S. The van der Waals surface area contributed by atoms with E-state index in [-0.39, 0.29) is 12.5 Å². The molecule has 0 saturated carbocycles. The number of carbonyl (C=O) groups is 1. The number of carbonyl (C=O) groups excluding carboxylic acids is 1. The van der Waals surface area contributed by atoms with Crippen molar-refractivity contribution in [3.8, 4) is 0 Å². The Bertz CT molecular complexity index is 976. The molecule has 28 heavy (non-hydrogen) atoms. The lowest BCUT2D eigenvalue weighted by Crippen LogP contribution is -2.51. The topological polar surface area (TPSA) is 75.5 Å². The molecule has 0 N–H and O–H groups in total. The Hall–Kier alpha value is -2.19. The van der Waals surface area contributed by atoms with Gasteiger partial charge in [0.25, 0.3) is 0 Å². The molecule has 1 saturated heterocycles. The average molecular weight is 405 g/mol. The third kappa shape index (κ3) is 3.84. The zero-order valence-corrected chi connectivity index (χ0v) is 18.0. The van der Waals surface area contributed by atoms with E-state index in [2.05, 4.69) is 5.10 Å². The molecule has 0 aliphatic carbocycles. The van der Waals surface area contributed by atoms with Gasteiger partial charge in [-0.2, -0.15) is 9.40 Å². The summed E-state index contributed by atoms with van der Waals surface area (Å²) in [6.07, 6.45) is 3.54. The largest absolute Gasteiger partial charge is 0.338 e. The van der Waals surface area contributed by atoms with Crippen molar-refractivity contribution in [3.05, 3.63) is 46.3 Å². The van der Waals surface area contributed by atoms with E-state index in [1.807, 2.05) is 46.9 Å². The molecule has 0 unspecified atom stereocenters. The number of aryl methyl sites for hydroxylation is 3. The first-order chi connectivity index (χ1) is 13.1. The molecule has 1 aromatic carbocycles. The number of rotatable bonds is 4. The molecule has 2 aromatic rings. The van der Waals surface area contributed by atoms with Crippen LogP contribution in [0.25, 0.3) is 0 Å². The Labute approximate surface area is 167 Å². The number of hydrogen-bond acceptors (Lipinski definition) is 4. The van der Waals surface area contributed by atoms with Gasteiger partial charge >= 0.3 is 0 Å². The van der Waals surface area contributed by atoms with Gasteiger partial charge in [-0.1, -0.05) is 6.07 Å².